The number of ether oxygens (including phenoxy) is 1. The summed E-state index contributed by atoms with van der Waals surface area (Å²) in [6.45, 7) is 2.61. The Hall–Kier alpha value is -1.68. The van der Waals surface area contributed by atoms with Crippen LogP contribution < -0.4 is 5.32 Å². The minimum absolute atomic E-state index is 0.132. The van der Waals surface area contributed by atoms with Crippen LogP contribution in [0.5, 0.6) is 0 Å². The highest BCUT2D eigenvalue weighted by Gasteiger charge is 2.26. The first-order chi connectivity index (χ1) is 14.8. The van der Waals surface area contributed by atoms with Crippen LogP contribution in [0.25, 0.3) is 0 Å². The third kappa shape index (κ3) is 6.65. The van der Waals surface area contributed by atoms with Crippen molar-refractivity contribution in [2.45, 2.75) is 18.0 Å². The Labute approximate surface area is 192 Å². The number of likely N-dealkylation sites (N-methyl/N-ethyl adjacent to an activating group) is 1. The molecule has 168 valence electrons. The van der Waals surface area contributed by atoms with Gasteiger partial charge in [-0.25, -0.2) is 8.42 Å². The van der Waals surface area contributed by atoms with E-state index in [1.54, 1.807) is 36.4 Å². The summed E-state index contributed by atoms with van der Waals surface area (Å²) >= 11 is 12.0. The SMILES string of the molecule is CN(CC(=O)NCc1ccc(S(=O)(=O)N2CCOCC2)cc1)Cc1ccc(Cl)c(Cl)c1. The lowest BCUT2D eigenvalue weighted by Gasteiger charge is -2.26. The van der Waals surface area contributed by atoms with Crippen LogP contribution >= 0.6 is 23.2 Å². The average Bonchev–Trinajstić information content (AvgIpc) is 2.76. The number of amides is 1. The molecule has 0 atom stereocenters. The van der Waals surface area contributed by atoms with Gasteiger partial charge >= 0.3 is 0 Å². The Morgan fingerprint density at radius 3 is 2.35 bits per heavy atom. The molecule has 0 aliphatic carbocycles. The van der Waals surface area contributed by atoms with E-state index in [0.29, 0.717) is 49.4 Å². The molecule has 1 aliphatic heterocycles. The fourth-order valence-corrected chi connectivity index (χ4v) is 4.95. The summed E-state index contributed by atoms with van der Waals surface area (Å²) < 4.78 is 32.0. The number of hydrogen-bond donors (Lipinski definition) is 1. The topological polar surface area (TPSA) is 79.0 Å². The van der Waals surface area contributed by atoms with E-state index in [9.17, 15) is 13.2 Å². The maximum Gasteiger partial charge on any atom is 0.243 e. The van der Waals surface area contributed by atoms with E-state index in [1.807, 2.05) is 18.0 Å². The zero-order chi connectivity index (χ0) is 22.4. The Morgan fingerprint density at radius 2 is 1.71 bits per heavy atom. The molecule has 2 aromatic carbocycles. The predicted molar refractivity (Wildman–Crippen MR) is 121 cm³/mol. The van der Waals surface area contributed by atoms with Gasteiger partial charge in [-0.2, -0.15) is 4.31 Å². The largest absolute Gasteiger partial charge is 0.379 e. The van der Waals surface area contributed by atoms with Crippen LogP contribution in [0.1, 0.15) is 11.1 Å². The number of rotatable bonds is 8. The Kier molecular flexibility index (Phi) is 8.32. The summed E-state index contributed by atoms with van der Waals surface area (Å²) in [6.07, 6.45) is 0. The number of benzene rings is 2. The van der Waals surface area contributed by atoms with E-state index in [1.165, 1.54) is 4.31 Å². The highest BCUT2D eigenvalue weighted by Crippen LogP contribution is 2.23. The minimum atomic E-state index is -3.52. The van der Waals surface area contributed by atoms with Crippen LogP contribution in [0.2, 0.25) is 10.0 Å². The van der Waals surface area contributed by atoms with Crippen LogP contribution in [0, 0.1) is 0 Å². The van der Waals surface area contributed by atoms with Crippen molar-refractivity contribution in [3.05, 3.63) is 63.6 Å². The van der Waals surface area contributed by atoms with Crippen molar-refractivity contribution in [3.63, 3.8) is 0 Å². The minimum Gasteiger partial charge on any atom is -0.379 e. The van der Waals surface area contributed by atoms with Gasteiger partial charge in [-0.1, -0.05) is 41.4 Å². The number of nitrogens with zero attached hydrogens (tertiary/aromatic N) is 2. The lowest BCUT2D eigenvalue weighted by molar-refractivity contribution is -0.122. The third-order valence-electron chi connectivity index (χ3n) is 4.87. The fourth-order valence-electron chi connectivity index (χ4n) is 3.22. The van der Waals surface area contributed by atoms with Crippen molar-refractivity contribution in [2.24, 2.45) is 0 Å². The molecule has 0 unspecified atom stereocenters. The molecule has 1 amide bonds. The van der Waals surface area contributed by atoms with E-state index < -0.39 is 10.0 Å². The number of halogens is 2. The molecule has 1 aliphatic rings. The van der Waals surface area contributed by atoms with Gasteiger partial charge in [0, 0.05) is 26.2 Å². The molecule has 1 fully saturated rings. The molecule has 1 saturated heterocycles. The monoisotopic (exact) mass is 485 g/mol. The molecule has 2 aromatic rings. The molecule has 10 heteroatoms. The van der Waals surface area contributed by atoms with Crippen molar-refractivity contribution in [1.29, 1.82) is 0 Å². The molecule has 3 rings (SSSR count). The predicted octanol–water partition coefficient (Wildman–Crippen LogP) is 2.76. The molecule has 0 aromatic heterocycles. The molecule has 0 spiro atoms. The van der Waals surface area contributed by atoms with Crippen LogP contribution in [0.15, 0.2) is 47.4 Å². The lowest BCUT2D eigenvalue weighted by atomic mass is 10.2. The first-order valence-corrected chi connectivity index (χ1v) is 12.0. The molecular formula is C21H25Cl2N3O4S. The first kappa shape index (κ1) is 24.0. The van der Waals surface area contributed by atoms with E-state index in [2.05, 4.69) is 5.32 Å². The Bertz CT molecular complexity index is 1010. The molecule has 0 radical (unpaired) electrons. The smallest absolute Gasteiger partial charge is 0.243 e. The van der Waals surface area contributed by atoms with Gasteiger partial charge in [-0.05, 0) is 42.4 Å². The van der Waals surface area contributed by atoms with Gasteiger partial charge in [0.2, 0.25) is 15.9 Å². The molecule has 31 heavy (non-hydrogen) atoms. The summed E-state index contributed by atoms with van der Waals surface area (Å²) in [4.78, 5) is 14.4. The van der Waals surface area contributed by atoms with Gasteiger partial charge in [0.1, 0.15) is 0 Å². The second kappa shape index (κ2) is 10.8. The number of carbonyl (C=O) groups is 1. The summed E-state index contributed by atoms with van der Waals surface area (Å²) in [6, 6.07) is 12.0. The van der Waals surface area contributed by atoms with E-state index in [4.69, 9.17) is 27.9 Å². The third-order valence-corrected chi connectivity index (χ3v) is 7.52. The van der Waals surface area contributed by atoms with Crippen LogP contribution in [0.4, 0.5) is 0 Å². The molecule has 1 N–H and O–H groups in total. The van der Waals surface area contributed by atoms with Gasteiger partial charge in [0.15, 0.2) is 0 Å². The van der Waals surface area contributed by atoms with Crippen molar-refractivity contribution >= 4 is 39.1 Å². The summed E-state index contributed by atoms with van der Waals surface area (Å²) in [7, 11) is -1.68. The van der Waals surface area contributed by atoms with E-state index >= 15 is 0 Å². The van der Waals surface area contributed by atoms with E-state index in [0.717, 1.165) is 11.1 Å². The van der Waals surface area contributed by atoms with Crippen molar-refractivity contribution in [2.75, 3.05) is 39.9 Å². The first-order valence-electron chi connectivity index (χ1n) is 9.82. The number of carbonyl (C=O) groups excluding carboxylic acids is 1. The molecule has 1 heterocycles. The Morgan fingerprint density at radius 1 is 1.06 bits per heavy atom. The summed E-state index contributed by atoms with van der Waals surface area (Å²) in [5.74, 6) is -0.132. The number of hydrogen-bond acceptors (Lipinski definition) is 5. The zero-order valence-electron chi connectivity index (χ0n) is 17.2. The average molecular weight is 486 g/mol. The van der Waals surface area contributed by atoms with Gasteiger partial charge in [-0.15, -0.1) is 0 Å². The second-order valence-corrected chi connectivity index (χ2v) is 10.1. The van der Waals surface area contributed by atoms with E-state index in [-0.39, 0.29) is 17.3 Å². The van der Waals surface area contributed by atoms with Crippen LogP contribution in [-0.2, 0) is 32.6 Å². The quantitative estimate of drug-likeness (QED) is 0.621. The van der Waals surface area contributed by atoms with Crippen LogP contribution in [0.3, 0.4) is 0 Å². The van der Waals surface area contributed by atoms with Crippen LogP contribution in [-0.4, -0.2) is 63.4 Å². The van der Waals surface area contributed by atoms with Gasteiger partial charge in [-0.3, -0.25) is 9.69 Å². The van der Waals surface area contributed by atoms with Gasteiger partial charge in [0.25, 0.3) is 0 Å². The molecule has 0 bridgehead atoms. The number of morpholine rings is 1. The number of nitrogens with one attached hydrogen (secondary N) is 1. The highest BCUT2D eigenvalue weighted by molar-refractivity contribution is 7.89. The normalized spacial score (nSPS) is 15.2. The maximum absolute atomic E-state index is 12.7. The molecule has 7 nitrogen and oxygen atoms in total. The van der Waals surface area contributed by atoms with Gasteiger partial charge in [0.05, 0.1) is 34.7 Å². The number of sulfonamides is 1. The summed E-state index contributed by atoms with van der Waals surface area (Å²) in [5.41, 5.74) is 1.78. The summed E-state index contributed by atoms with van der Waals surface area (Å²) in [5, 5.41) is 3.83. The van der Waals surface area contributed by atoms with Crippen molar-refractivity contribution in [3.8, 4) is 0 Å². The zero-order valence-corrected chi connectivity index (χ0v) is 19.5. The molecular weight excluding hydrogens is 461 g/mol. The highest BCUT2D eigenvalue weighted by atomic mass is 35.5. The standard InChI is InChI=1S/C21H25Cl2N3O4S/c1-25(14-17-4-7-19(22)20(23)12-17)15-21(27)24-13-16-2-5-18(6-3-16)31(28,29)26-8-10-30-11-9-26/h2-7,12H,8-11,13-15H2,1H3,(H,24,27). The van der Waals surface area contributed by atoms with Crippen molar-refractivity contribution < 1.29 is 17.9 Å². The molecule has 0 saturated carbocycles. The second-order valence-electron chi connectivity index (χ2n) is 7.36. The van der Waals surface area contributed by atoms with Gasteiger partial charge < -0.3 is 10.1 Å². The Balaban J connectivity index is 1.49. The fraction of sp³-hybridized carbons (Fsp3) is 0.381. The van der Waals surface area contributed by atoms with Crippen molar-refractivity contribution in [1.82, 2.24) is 14.5 Å². The maximum atomic E-state index is 12.7. The lowest BCUT2D eigenvalue weighted by Crippen LogP contribution is -2.40.